The van der Waals surface area contributed by atoms with Gasteiger partial charge < -0.3 is 14.6 Å². The first-order chi connectivity index (χ1) is 12.3. The molecule has 0 saturated heterocycles. The van der Waals surface area contributed by atoms with Crippen molar-refractivity contribution >= 4 is 11.9 Å². The predicted molar refractivity (Wildman–Crippen MR) is 97.6 cm³/mol. The highest BCUT2D eigenvalue weighted by atomic mass is 16.5. The van der Waals surface area contributed by atoms with Crippen LogP contribution in [0, 0.1) is 13.8 Å². The Kier molecular flexibility index (Phi) is 6.55. The zero-order valence-corrected chi connectivity index (χ0v) is 15.9. The number of hydrogen-bond donors (Lipinski definition) is 1. The third-order valence-corrected chi connectivity index (χ3v) is 4.17. The molecule has 6 heteroatoms. The third kappa shape index (κ3) is 4.94. The molecule has 1 aromatic heterocycles. The van der Waals surface area contributed by atoms with Gasteiger partial charge in [0.2, 0.25) is 5.91 Å². The Labute approximate surface area is 153 Å². The van der Waals surface area contributed by atoms with Crippen molar-refractivity contribution in [3.63, 3.8) is 0 Å². The van der Waals surface area contributed by atoms with Gasteiger partial charge in [0.05, 0.1) is 30.2 Å². The van der Waals surface area contributed by atoms with Gasteiger partial charge >= 0.3 is 5.97 Å². The summed E-state index contributed by atoms with van der Waals surface area (Å²) in [5, 5.41) is 6.88. The molecule has 1 aromatic carbocycles. The molecule has 0 aliphatic rings. The van der Waals surface area contributed by atoms with Gasteiger partial charge in [-0.2, -0.15) is 0 Å². The Morgan fingerprint density at radius 3 is 2.35 bits per heavy atom. The number of nitrogens with one attached hydrogen (secondary N) is 1. The number of nitrogens with zero attached hydrogens (tertiary/aromatic N) is 1. The Morgan fingerprint density at radius 1 is 1.15 bits per heavy atom. The first kappa shape index (κ1) is 19.7. The topological polar surface area (TPSA) is 81.4 Å². The van der Waals surface area contributed by atoms with E-state index < -0.39 is 12.0 Å². The summed E-state index contributed by atoms with van der Waals surface area (Å²) in [4.78, 5) is 24.9. The predicted octanol–water partition coefficient (Wildman–Crippen LogP) is 3.59. The molecule has 2 aromatic rings. The standard InChI is InChI=1S/C20H26N2O4/c1-12(2)25-18(23)11-17(16-9-7-6-8-10-16)21-20(24)13(3)19-14(4)22-26-15(19)5/h6-10,12-13,17H,11H2,1-5H3,(H,21,24). The fourth-order valence-electron chi connectivity index (χ4n) is 2.95. The van der Waals surface area contributed by atoms with Crippen LogP contribution in [0.4, 0.5) is 0 Å². The van der Waals surface area contributed by atoms with Crippen molar-refractivity contribution in [1.82, 2.24) is 10.5 Å². The molecule has 2 atom stereocenters. The molecule has 0 bridgehead atoms. The van der Waals surface area contributed by atoms with Gasteiger partial charge in [0, 0.05) is 5.56 Å². The second-order valence-corrected chi connectivity index (χ2v) is 6.67. The number of amides is 1. The summed E-state index contributed by atoms with van der Waals surface area (Å²) in [6.45, 7) is 9.00. The number of ether oxygens (including phenoxy) is 1. The van der Waals surface area contributed by atoms with Gasteiger partial charge in [-0.1, -0.05) is 35.5 Å². The molecule has 2 unspecified atom stereocenters. The molecule has 0 aliphatic carbocycles. The van der Waals surface area contributed by atoms with Gasteiger partial charge in [-0.05, 0) is 40.2 Å². The number of benzene rings is 1. The first-order valence-corrected chi connectivity index (χ1v) is 8.77. The van der Waals surface area contributed by atoms with Crippen molar-refractivity contribution < 1.29 is 18.8 Å². The van der Waals surface area contributed by atoms with E-state index in [1.165, 1.54) is 0 Å². The molecule has 2 rings (SSSR count). The number of hydrogen-bond acceptors (Lipinski definition) is 5. The minimum absolute atomic E-state index is 0.0717. The maximum atomic E-state index is 12.8. The fraction of sp³-hybridized carbons (Fsp3) is 0.450. The third-order valence-electron chi connectivity index (χ3n) is 4.17. The maximum Gasteiger partial charge on any atom is 0.308 e. The SMILES string of the molecule is Cc1noc(C)c1C(C)C(=O)NC(CC(=O)OC(C)C)c1ccccc1. The van der Waals surface area contributed by atoms with Crippen LogP contribution in [0.15, 0.2) is 34.9 Å². The molecule has 6 nitrogen and oxygen atoms in total. The summed E-state index contributed by atoms with van der Waals surface area (Å²) in [5.41, 5.74) is 2.33. The van der Waals surface area contributed by atoms with Crippen LogP contribution in [0.5, 0.6) is 0 Å². The molecule has 0 fully saturated rings. The van der Waals surface area contributed by atoms with Crippen LogP contribution in [-0.2, 0) is 14.3 Å². The van der Waals surface area contributed by atoms with Crippen molar-refractivity contribution in [2.75, 3.05) is 0 Å². The molecule has 0 radical (unpaired) electrons. The Balaban J connectivity index is 2.18. The smallest absolute Gasteiger partial charge is 0.308 e. The number of rotatable bonds is 7. The van der Waals surface area contributed by atoms with E-state index in [0.717, 1.165) is 11.1 Å². The van der Waals surface area contributed by atoms with Gasteiger partial charge in [-0.3, -0.25) is 9.59 Å². The molecule has 0 spiro atoms. The van der Waals surface area contributed by atoms with E-state index in [0.29, 0.717) is 11.5 Å². The van der Waals surface area contributed by atoms with E-state index in [9.17, 15) is 9.59 Å². The van der Waals surface area contributed by atoms with Crippen molar-refractivity contribution in [3.05, 3.63) is 52.9 Å². The fourth-order valence-corrected chi connectivity index (χ4v) is 2.95. The largest absolute Gasteiger partial charge is 0.463 e. The summed E-state index contributed by atoms with van der Waals surface area (Å²) >= 11 is 0. The van der Waals surface area contributed by atoms with E-state index in [1.807, 2.05) is 37.3 Å². The molecular weight excluding hydrogens is 332 g/mol. The Bertz CT molecular complexity index is 733. The first-order valence-electron chi connectivity index (χ1n) is 8.77. The molecule has 0 saturated carbocycles. The minimum Gasteiger partial charge on any atom is -0.463 e. The van der Waals surface area contributed by atoms with Crippen LogP contribution < -0.4 is 5.32 Å². The van der Waals surface area contributed by atoms with Crippen molar-refractivity contribution in [2.45, 2.75) is 59.1 Å². The van der Waals surface area contributed by atoms with E-state index in [4.69, 9.17) is 9.26 Å². The Morgan fingerprint density at radius 2 is 1.81 bits per heavy atom. The number of carbonyl (C=O) groups excluding carboxylic acids is 2. The lowest BCUT2D eigenvalue weighted by Crippen LogP contribution is -2.34. The second-order valence-electron chi connectivity index (χ2n) is 6.67. The van der Waals surface area contributed by atoms with E-state index >= 15 is 0 Å². The lowest BCUT2D eigenvalue weighted by molar-refractivity contribution is -0.148. The molecule has 1 heterocycles. The van der Waals surface area contributed by atoms with Crippen molar-refractivity contribution in [2.24, 2.45) is 0 Å². The van der Waals surface area contributed by atoms with Crippen molar-refractivity contribution in [3.8, 4) is 0 Å². The highest BCUT2D eigenvalue weighted by Crippen LogP contribution is 2.25. The second kappa shape index (κ2) is 8.65. The number of aryl methyl sites for hydroxylation is 2. The van der Waals surface area contributed by atoms with Crippen LogP contribution in [-0.4, -0.2) is 23.1 Å². The van der Waals surface area contributed by atoms with Crippen LogP contribution in [0.3, 0.4) is 0 Å². The maximum absolute atomic E-state index is 12.8. The van der Waals surface area contributed by atoms with Crippen LogP contribution >= 0.6 is 0 Å². The molecule has 140 valence electrons. The summed E-state index contributed by atoms with van der Waals surface area (Å²) in [5.74, 6) is -0.348. The quantitative estimate of drug-likeness (QED) is 0.765. The number of aromatic nitrogens is 1. The van der Waals surface area contributed by atoms with Gasteiger partial charge in [-0.15, -0.1) is 0 Å². The van der Waals surface area contributed by atoms with E-state index in [-0.39, 0.29) is 24.4 Å². The monoisotopic (exact) mass is 358 g/mol. The zero-order valence-electron chi connectivity index (χ0n) is 15.9. The number of esters is 1. The lowest BCUT2D eigenvalue weighted by Gasteiger charge is -2.21. The molecule has 1 N–H and O–H groups in total. The minimum atomic E-state index is -0.460. The molecule has 0 aliphatic heterocycles. The van der Waals surface area contributed by atoms with Crippen LogP contribution in [0.2, 0.25) is 0 Å². The zero-order chi connectivity index (χ0) is 19.3. The van der Waals surface area contributed by atoms with Crippen LogP contribution in [0.1, 0.15) is 61.7 Å². The van der Waals surface area contributed by atoms with E-state index in [1.54, 1.807) is 27.7 Å². The summed E-state index contributed by atoms with van der Waals surface area (Å²) in [6.07, 6.45) is -0.127. The summed E-state index contributed by atoms with van der Waals surface area (Å²) in [6, 6.07) is 8.95. The molecule has 1 amide bonds. The van der Waals surface area contributed by atoms with Crippen LogP contribution in [0.25, 0.3) is 0 Å². The van der Waals surface area contributed by atoms with Gasteiger partial charge in [-0.25, -0.2) is 0 Å². The van der Waals surface area contributed by atoms with Gasteiger partial charge in [0.15, 0.2) is 0 Å². The normalized spacial score (nSPS) is 13.3. The molecule has 26 heavy (non-hydrogen) atoms. The molecular formula is C20H26N2O4. The Hall–Kier alpha value is -2.63. The highest BCUT2D eigenvalue weighted by Gasteiger charge is 2.26. The summed E-state index contributed by atoms with van der Waals surface area (Å²) < 4.78 is 10.4. The van der Waals surface area contributed by atoms with E-state index in [2.05, 4.69) is 10.5 Å². The van der Waals surface area contributed by atoms with Gasteiger partial charge in [0.1, 0.15) is 5.76 Å². The van der Waals surface area contributed by atoms with Gasteiger partial charge in [0.25, 0.3) is 0 Å². The lowest BCUT2D eigenvalue weighted by atomic mass is 9.97. The average molecular weight is 358 g/mol. The average Bonchev–Trinajstić information content (AvgIpc) is 2.92. The highest BCUT2D eigenvalue weighted by molar-refractivity contribution is 5.84. The summed E-state index contributed by atoms with van der Waals surface area (Å²) in [7, 11) is 0. The van der Waals surface area contributed by atoms with Crippen molar-refractivity contribution in [1.29, 1.82) is 0 Å². The number of carbonyl (C=O) groups is 2.